The van der Waals surface area contributed by atoms with E-state index in [9.17, 15) is 28.0 Å². The Balaban J connectivity index is 2.05. The van der Waals surface area contributed by atoms with Crippen LogP contribution >= 0.6 is 0 Å². The van der Waals surface area contributed by atoms with Crippen molar-refractivity contribution in [3.8, 4) is 11.8 Å². The van der Waals surface area contributed by atoms with Gasteiger partial charge in [-0.25, -0.2) is 17.6 Å². The summed E-state index contributed by atoms with van der Waals surface area (Å²) in [6.45, 7) is 0.629. The molecule has 1 aliphatic heterocycles. The first-order valence-corrected chi connectivity index (χ1v) is 12.8. The molecule has 0 radical (unpaired) electrons. The van der Waals surface area contributed by atoms with E-state index in [-0.39, 0.29) is 35.2 Å². The van der Waals surface area contributed by atoms with Crippen LogP contribution in [0.15, 0.2) is 35.2 Å². The van der Waals surface area contributed by atoms with Crippen molar-refractivity contribution >= 4 is 27.4 Å². The molecule has 2 aromatic rings. The second-order valence-corrected chi connectivity index (χ2v) is 9.95. The first-order valence-electron chi connectivity index (χ1n) is 11.3. The van der Waals surface area contributed by atoms with Gasteiger partial charge >= 0.3 is 5.97 Å². The number of rotatable bonds is 9. The van der Waals surface area contributed by atoms with Gasteiger partial charge in [0.25, 0.3) is 10.0 Å². The van der Waals surface area contributed by atoms with Crippen molar-refractivity contribution in [3.63, 3.8) is 0 Å². The maximum Gasteiger partial charge on any atom is 0.337 e. The van der Waals surface area contributed by atoms with Crippen LogP contribution in [0.3, 0.4) is 0 Å². The molecule has 11 heteroatoms. The fourth-order valence-electron chi connectivity index (χ4n) is 4.25. The number of aliphatic hydroxyl groups is 1. The fraction of sp³-hybridized carbons (Fsp3) is 0.417. The zero-order chi connectivity index (χ0) is 25.6. The van der Waals surface area contributed by atoms with Crippen LogP contribution in [0.5, 0.6) is 5.75 Å². The summed E-state index contributed by atoms with van der Waals surface area (Å²) in [6, 6.07) is 7.27. The molecule has 0 aromatic heterocycles. The van der Waals surface area contributed by atoms with Crippen molar-refractivity contribution < 1.29 is 32.6 Å². The molecule has 35 heavy (non-hydrogen) atoms. The Labute approximate surface area is 203 Å². The van der Waals surface area contributed by atoms with E-state index in [0.29, 0.717) is 13.0 Å². The van der Waals surface area contributed by atoms with E-state index < -0.39 is 32.5 Å². The zero-order valence-electron chi connectivity index (χ0n) is 19.3. The lowest BCUT2D eigenvalue weighted by Crippen LogP contribution is -2.40. The predicted octanol–water partition coefficient (Wildman–Crippen LogP) is 3.51. The maximum atomic E-state index is 14.7. The highest BCUT2D eigenvalue weighted by molar-refractivity contribution is 7.92. The van der Waals surface area contributed by atoms with E-state index in [2.05, 4.69) is 9.46 Å². The number of piperidine rings is 1. The molecular formula is C24H28FN3O6S. The first kappa shape index (κ1) is 26.2. The van der Waals surface area contributed by atoms with Gasteiger partial charge in [-0.3, -0.25) is 4.72 Å². The fourth-order valence-corrected chi connectivity index (χ4v) is 5.44. The van der Waals surface area contributed by atoms with Gasteiger partial charge in [-0.2, -0.15) is 5.26 Å². The lowest BCUT2D eigenvalue weighted by molar-refractivity contribution is 0.0600. The van der Waals surface area contributed by atoms with Crippen LogP contribution in [0.4, 0.5) is 15.8 Å². The molecule has 0 spiro atoms. The summed E-state index contributed by atoms with van der Waals surface area (Å²) in [5.41, 5.74) is -0.155. The third kappa shape index (κ3) is 6.01. The second-order valence-electron chi connectivity index (χ2n) is 8.30. The molecule has 188 valence electrons. The highest BCUT2D eigenvalue weighted by Crippen LogP contribution is 2.37. The average Bonchev–Trinajstić information content (AvgIpc) is 2.85. The van der Waals surface area contributed by atoms with E-state index in [0.717, 1.165) is 63.5 Å². The summed E-state index contributed by atoms with van der Waals surface area (Å²) in [4.78, 5) is 13.2. The number of hydrogen-bond donors (Lipinski definition) is 3. The number of phenols is 1. The molecule has 9 nitrogen and oxygen atoms in total. The molecule has 1 aliphatic rings. The highest BCUT2D eigenvalue weighted by Gasteiger charge is 2.28. The van der Waals surface area contributed by atoms with Crippen LogP contribution < -0.4 is 9.62 Å². The number of carbonyl (C=O) groups excluding carboxylic acids is 1. The maximum absolute atomic E-state index is 14.7. The minimum Gasteiger partial charge on any atom is -0.507 e. The molecule has 0 aliphatic carbocycles. The summed E-state index contributed by atoms with van der Waals surface area (Å²) >= 11 is 0. The van der Waals surface area contributed by atoms with Crippen LogP contribution in [-0.2, 0) is 14.8 Å². The zero-order valence-corrected chi connectivity index (χ0v) is 20.1. The summed E-state index contributed by atoms with van der Waals surface area (Å²) in [5.74, 6) is -2.15. The van der Waals surface area contributed by atoms with Crippen LogP contribution in [0.25, 0.3) is 0 Å². The predicted molar refractivity (Wildman–Crippen MR) is 127 cm³/mol. The number of aromatic hydroxyl groups is 1. The monoisotopic (exact) mass is 505 g/mol. The lowest BCUT2D eigenvalue weighted by Gasteiger charge is -2.39. The third-order valence-corrected chi connectivity index (χ3v) is 7.40. The van der Waals surface area contributed by atoms with Crippen molar-refractivity contribution in [2.24, 2.45) is 0 Å². The van der Waals surface area contributed by atoms with Crippen molar-refractivity contribution in [1.82, 2.24) is 0 Å². The van der Waals surface area contributed by atoms with Crippen LogP contribution in [0.2, 0.25) is 0 Å². The van der Waals surface area contributed by atoms with Crippen molar-refractivity contribution in [2.45, 2.75) is 49.5 Å². The Morgan fingerprint density at radius 3 is 2.74 bits per heavy atom. The van der Waals surface area contributed by atoms with Crippen molar-refractivity contribution in [1.29, 1.82) is 5.26 Å². The second kappa shape index (κ2) is 11.4. The quantitative estimate of drug-likeness (QED) is 0.347. The molecule has 3 N–H and O–H groups in total. The van der Waals surface area contributed by atoms with E-state index in [1.165, 1.54) is 6.07 Å². The van der Waals surface area contributed by atoms with Gasteiger partial charge in [0.15, 0.2) is 0 Å². The summed E-state index contributed by atoms with van der Waals surface area (Å²) in [7, 11) is -3.30. The smallest absolute Gasteiger partial charge is 0.337 e. The van der Waals surface area contributed by atoms with Crippen molar-refractivity contribution in [3.05, 3.63) is 47.3 Å². The number of nitrogens with one attached hydrogen (secondary N) is 1. The minimum atomic E-state index is -4.44. The van der Waals surface area contributed by atoms with Crippen LogP contribution in [-0.4, -0.2) is 50.9 Å². The molecule has 2 aromatic carbocycles. The average molecular weight is 506 g/mol. The minimum absolute atomic E-state index is 0.00180. The Morgan fingerprint density at radius 1 is 1.29 bits per heavy atom. The van der Waals surface area contributed by atoms with Crippen LogP contribution in [0, 0.1) is 17.1 Å². The largest absolute Gasteiger partial charge is 0.507 e. The van der Waals surface area contributed by atoms with Gasteiger partial charge in [0, 0.05) is 25.3 Å². The topological polar surface area (TPSA) is 140 Å². The van der Waals surface area contributed by atoms with Gasteiger partial charge in [0.2, 0.25) is 0 Å². The number of halogens is 1. The lowest BCUT2D eigenvalue weighted by atomic mass is 9.96. The molecule has 1 fully saturated rings. The number of aliphatic hydroxyl groups excluding tert-OH is 1. The van der Waals surface area contributed by atoms with Crippen molar-refractivity contribution in [2.75, 3.05) is 29.9 Å². The Kier molecular flexibility index (Phi) is 8.53. The normalized spacial score (nSPS) is 15.9. The van der Waals surface area contributed by atoms with E-state index in [4.69, 9.17) is 5.11 Å². The highest BCUT2D eigenvalue weighted by atomic mass is 32.2. The molecule has 1 saturated heterocycles. The van der Waals surface area contributed by atoms with E-state index in [1.54, 1.807) is 6.07 Å². The third-order valence-electron chi connectivity index (χ3n) is 6.00. The summed E-state index contributed by atoms with van der Waals surface area (Å²) in [5, 5.41) is 28.7. The summed E-state index contributed by atoms with van der Waals surface area (Å²) in [6.07, 6.45) is 4.73. The van der Waals surface area contributed by atoms with E-state index in [1.807, 2.05) is 4.90 Å². The Morgan fingerprint density at radius 2 is 2.06 bits per heavy atom. The SMILES string of the molecule is COC(=O)c1ccc(O)c(S(=O)(=O)Nc2cc(C#N)c(F)cc2N2CCCC[C@H]2CCCCO)c1. The van der Waals surface area contributed by atoms with Crippen LogP contribution in [0.1, 0.15) is 54.4 Å². The molecule has 0 amide bonds. The number of benzene rings is 2. The number of sulfonamides is 1. The number of phenolic OH excluding ortho intramolecular Hbond substituents is 1. The molecule has 0 bridgehead atoms. The first-order chi connectivity index (χ1) is 16.7. The molecule has 3 rings (SSSR count). The number of ether oxygens (including phenoxy) is 1. The number of nitriles is 1. The number of anilines is 2. The van der Waals surface area contributed by atoms with Gasteiger partial charge in [-0.05, 0) is 62.8 Å². The van der Waals surface area contributed by atoms with Gasteiger partial charge in [-0.15, -0.1) is 0 Å². The standard InChI is InChI=1S/C24H28FN3O6S/c1-34-24(31)16-8-9-22(30)23(13-16)35(32,33)27-20-12-17(15-26)19(25)14-21(20)28-10-4-2-6-18(28)7-3-5-11-29/h8-9,12-14,18,27,29-30H,2-7,10-11H2,1H3/t18-/m0/s1. The van der Waals surface area contributed by atoms with Gasteiger partial charge in [0.05, 0.1) is 29.6 Å². The number of hydrogen-bond acceptors (Lipinski definition) is 8. The number of carbonyl (C=O) groups is 1. The van der Waals surface area contributed by atoms with Gasteiger partial charge in [-0.1, -0.05) is 0 Å². The van der Waals surface area contributed by atoms with Gasteiger partial charge in [0.1, 0.15) is 22.5 Å². The number of esters is 1. The number of methoxy groups -OCH3 is 1. The number of nitrogens with zero attached hydrogens (tertiary/aromatic N) is 2. The molecular weight excluding hydrogens is 477 g/mol. The van der Waals surface area contributed by atoms with E-state index >= 15 is 0 Å². The molecule has 1 atom stereocenters. The molecule has 0 saturated carbocycles. The Hall–Kier alpha value is -3.36. The van der Waals surface area contributed by atoms with Gasteiger partial charge < -0.3 is 19.8 Å². The molecule has 1 heterocycles. The number of unbranched alkanes of at least 4 members (excludes halogenated alkanes) is 1. The molecule has 0 unspecified atom stereocenters. The Bertz CT molecular complexity index is 1230. The summed E-state index contributed by atoms with van der Waals surface area (Å²) < 4.78 is 48.2.